The van der Waals surface area contributed by atoms with E-state index < -0.39 is 21.5 Å². The zero-order chi connectivity index (χ0) is 22.6. The Bertz CT molecular complexity index is 1250. The van der Waals surface area contributed by atoms with Crippen LogP contribution in [-0.4, -0.2) is 45.9 Å². The van der Waals surface area contributed by atoms with Gasteiger partial charge in [0.2, 0.25) is 0 Å². The smallest absolute Gasteiger partial charge is 0.344 e. The van der Waals surface area contributed by atoms with Crippen LogP contribution in [0.15, 0.2) is 41.0 Å². The number of carbonyl (C=O) groups is 1. The second-order valence-electron chi connectivity index (χ2n) is 7.01. The third-order valence-corrected chi connectivity index (χ3v) is 4.74. The molecule has 2 aromatic carbocycles. The van der Waals surface area contributed by atoms with Crippen molar-refractivity contribution >= 4 is 43.8 Å². The van der Waals surface area contributed by atoms with Crippen LogP contribution in [0.5, 0.6) is 5.75 Å². The number of hydrogen-bond donors (Lipinski definition) is 1. The van der Waals surface area contributed by atoms with E-state index >= 15 is 0 Å². The molecule has 1 heterocycles. The number of ether oxygens (including phenoxy) is 2. The first-order valence-electron chi connectivity index (χ1n) is 9.44. The van der Waals surface area contributed by atoms with Crippen molar-refractivity contribution < 1.29 is 22.9 Å². The highest BCUT2D eigenvalue weighted by Gasteiger charge is 2.14. The molecule has 0 unspecified atom stereocenters. The fraction of sp³-hybridized carbons (Fsp3) is 0.286. The number of nitrogens with one attached hydrogen (secondary N) is 1. The zero-order valence-electron chi connectivity index (χ0n) is 17.6. The molecule has 8 nitrogen and oxygen atoms in total. The van der Waals surface area contributed by atoms with Gasteiger partial charge in [-0.3, -0.25) is 0 Å². The van der Waals surface area contributed by atoms with Gasteiger partial charge in [0.25, 0.3) is 0 Å². The Morgan fingerprint density at radius 2 is 2.00 bits per heavy atom. The lowest BCUT2D eigenvalue weighted by atomic mass is 10.1. The van der Waals surface area contributed by atoms with E-state index in [-0.39, 0.29) is 19.0 Å². The monoisotopic (exact) mass is 446 g/mol. The van der Waals surface area contributed by atoms with E-state index in [9.17, 15) is 13.4 Å². The summed E-state index contributed by atoms with van der Waals surface area (Å²) in [5.74, 6) is -0.459. The lowest BCUT2D eigenvalue weighted by Gasteiger charge is -2.15. The molecule has 3 rings (SSSR count). The molecule has 0 aliphatic rings. The predicted octanol–water partition coefficient (Wildman–Crippen LogP) is 4.12. The van der Waals surface area contributed by atoms with Crippen LogP contribution in [0.1, 0.15) is 12.5 Å². The van der Waals surface area contributed by atoms with Gasteiger partial charge in [-0.1, -0.05) is 0 Å². The summed E-state index contributed by atoms with van der Waals surface area (Å²) < 4.78 is 40.3. The molecule has 3 aromatic rings. The van der Waals surface area contributed by atoms with Crippen molar-refractivity contribution in [1.82, 2.24) is 9.97 Å². The Morgan fingerprint density at radius 1 is 1.23 bits per heavy atom. The topological polar surface area (TPSA) is 103 Å². The van der Waals surface area contributed by atoms with E-state index in [0.29, 0.717) is 22.7 Å². The van der Waals surface area contributed by atoms with Gasteiger partial charge in [-0.2, -0.15) is 4.36 Å². The van der Waals surface area contributed by atoms with E-state index in [0.717, 1.165) is 10.9 Å². The summed E-state index contributed by atoms with van der Waals surface area (Å²) in [4.78, 5) is 20.2. The molecule has 0 spiro atoms. The minimum atomic E-state index is -2.32. The molecule has 164 valence electrons. The molecule has 0 atom stereocenters. The van der Waals surface area contributed by atoms with Gasteiger partial charge in [-0.05, 0) is 43.7 Å². The third kappa shape index (κ3) is 5.88. The molecule has 0 aliphatic carbocycles. The molecule has 0 saturated carbocycles. The van der Waals surface area contributed by atoms with Crippen molar-refractivity contribution in [2.24, 2.45) is 4.36 Å². The van der Waals surface area contributed by atoms with Gasteiger partial charge in [0.1, 0.15) is 23.7 Å². The SMILES string of the molecule is CCOC(=O)COc1cc(F)ccc1Nc1ncnc2cc(N=S(C)(C)=O)cc(C)c12. The van der Waals surface area contributed by atoms with Gasteiger partial charge in [-0.15, -0.1) is 0 Å². The molecule has 10 heteroatoms. The number of carbonyl (C=O) groups excluding carboxylic acids is 1. The number of anilines is 2. The van der Waals surface area contributed by atoms with Gasteiger partial charge in [0.05, 0.1) is 23.5 Å². The number of hydrogen-bond acceptors (Lipinski definition) is 8. The highest BCUT2D eigenvalue weighted by Crippen LogP contribution is 2.33. The van der Waals surface area contributed by atoms with E-state index in [4.69, 9.17) is 9.47 Å². The maximum Gasteiger partial charge on any atom is 0.344 e. The van der Waals surface area contributed by atoms with Crippen LogP contribution in [0.4, 0.5) is 21.6 Å². The quantitative estimate of drug-likeness (QED) is 0.545. The standard InChI is InChI=1S/C21H23FN4O4S/c1-5-29-19(27)11-30-18-9-14(22)6-7-16(18)25-21-20-13(2)8-15(26-31(3,4)28)10-17(20)23-12-24-21/h6-10,12H,5,11H2,1-4H3,(H,23,24,25). The first kappa shape index (κ1) is 22.4. The van der Waals surface area contributed by atoms with Gasteiger partial charge in [0, 0.05) is 33.7 Å². The highest BCUT2D eigenvalue weighted by atomic mass is 32.2. The van der Waals surface area contributed by atoms with Crippen LogP contribution in [0.2, 0.25) is 0 Å². The normalized spacial score (nSPS) is 11.3. The van der Waals surface area contributed by atoms with Crippen LogP contribution in [-0.2, 0) is 19.3 Å². The molecule has 31 heavy (non-hydrogen) atoms. The molecule has 1 aromatic heterocycles. The lowest BCUT2D eigenvalue weighted by molar-refractivity contribution is -0.145. The van der Waals surface area contributed by atoms with E-state index in [1.807, 2.05) is 6.92 Å². The van der Waals surface area contributed by atoms with E-state index in [1.54, 1.807) is 31.6 Å². The summed E-state index contributed by atoms with van der Waals surface area (Å²) in [5, 5.41) is 3.85. The summed E-state index contributed by atoms with van der Waals surface area (Å²) in [5.41, 5.74) is 2.41. The summed E-state index contributed by atoms with van der Waals surface area (Å²) >= 11 is 0. The Labute approximate surface area is 180 Å². The van der Waals surface area contributed by atoms with Crippen LogP contribution in [0.25, 0.3) is 10.9 Å². The molecule has 0 amide bonds. The first-order chi connectivity index (χ1) is 14.7. The summed E-state index contributed by atoms with van der Waals surface area (Å²) in [6.45, 7) is 3.43. The fourth-order valence-electron chi connectivity index (χ4n) is 2.96. The fourth-order valence-corrected chi connectivity index (χ4v) is 3.57. The molecule has 0 fully saturated rings. The van der Waals surface area contributed by atoms with Gasteiger partial charge in [-0.25, -0.2) is 23.4 Å². The molecular weight excluding hydrogens is 423 g/mol. The second-order valence-corrected chi connectivity index (χ2v) is 9.56. The van der Waals surface area contributed by atoms with Crippen molar-refractivity contribution in [3.8, 4) is 5.75 Å². The maximum absolute atomic E-state index is 13.8. The number of halogens is 1. The largest absolute Gasteiger partial charge is 0.480 e. The number of aromatic nitrogens is 2. The zero-order valence-corrected chi connectivity index (χ0v) is 18.5. The van der Waals surface area contributed by atoms with Crippen LogP contribution >= 0.6 is 0 Å². The summed E-state index contributed by atoms with van der Waals surface area (Å²) in [6.07, 6.45) is 4.50. The average molecular weight is 447 g/mol. The van der Waals surface area contributed by atoms with Crippen LogP contribution < -0.4 is 10.1 Å². The Hall–Kier alpha value is -3.27. The summed E-state index contributed by atoms with van der Waals surface area (Å²) in [6, 6.07) is 7.46. The minimum Gasteiger partial charge on any atom is -0.480 e. The summed E-state index contributed by atoms with van der Waals surface area (Å²) in [7, 11) is -2.32. The van der Waals surface area contributed by atoms with Crippen molar-refractivity contribution in [2.45, 2.75) is 13.8 Å². The number of benzene rings is 2. The predicted molar refractivity (Wildman–Crippen MR) is 118 cm³/mol. The molecular formula is C21H23FN4O4S. The number of esters is 1. The van der Waals surface area contributed by atoms with E-state index in [2.05, 4.69) is 19.6 Å². The van der Waals surface area contributed by atoms with Crippen molar-refractivity contribution in [3.05, 3.63) is 48.0 Å². The number of fused-ring (bicyclic) bond motifs is 1. The number of rotatable bonds is 7. The molecule has 0 aliphatic heterocycles. The van der Waals surface area contributed by atoms with Crippen LogP contribution in [0, 0.1) is 12.7 Å². The third-order valence-electron chi connectivity index (χ3n) is 4.09. The van der Waals surface area contributed by atoms with Gasteiger partial charge >= 0.3 is 5.97 Å². The minimum absolute atomic E-state index is 0.140. The first-order valence-corrected chi connectivity index (χ1v) is 11.8. The Kier molecular flexibility index (Phi) is 6.69. The number of nitrogens with zero attached hydrogens (tertiary/aromatic N) is 3. The Balaban J connectivity index is 1.99. The Morgan fingerprint density at radius 3 is 2.71 bits per heavy atom. The number of aryl methyl sites for hydroxylation is 1. The van der Waals surface area contributed by atoms with Crippen molar-refractivity contribution in [2.75, 3.05) is 31.0 Å². The maximum atomic E-state index is 13.8. The average Bonchev–Trinajstić information content (AvgIpc) is 2.67. The van der Waals surface area contributed by atoms with Crippen molar-refractivity contribution in [1.29, 1.82) is 0 Å². The molecule has 0 saturated heterocycles. The molecule has 0 bridgehead atoms. The van der Waals surface area contributed by atoms with Gasteiger partial charge < -0.3 is 14.8 Å². The van der Waals surface area contributed by atoms with Gasteiger partial charge in [0.15, 0.2) is 6.61 Å². The molecule has 1 N–H and O–H groups in total. The highest BCUT2D eigenvalue weighted by molar-refractivity contribution is 7.92. The van der Waals surface area contributed by atoms with Crippen LogP contribution in [0.3, 0.4) is 0 Å². The van der Waals surface area contributed by atoms with E-state index in [1.165, 1.54) is 24.5 Å². The second kappa shape index (κ2) is 9.25. The molecule has 0 radical (unpaired) electrons. The van der Waals surface area contributed by atoms with Crippen molar-refractivity contribution in [3.63, 3.8) is 0 Å². The lowest BCUT2D eigenvalue weighted by Crippen LogP contribution is -2.15.